The van der Waals surface area contributed by atoms with Crippen LogP contribution in [0.15, 0.2) is 53.5 Å². The number of nitriles is 1. The van der Waals surface area contributed by atoms with E-state index in [1.165, 1.54) is 25.4 Å². The molecule has 38 heavy (non-hydrogen) atoms. The second-order valence-electron chi connectivity index (χ2n) is 8.37. The number of nitrogens with zero attached hydrogens (tertiary/aromatic N) is 5. The highest BCUT2D eigenvalue weighted by Crippen LogP contribution is 2.39. The van der Waals surface area contributed by atoms with Crippen LogP contribution < -0.4 is 20.5 Å². The lowest BCUT2D eigenvalue weighted by Crippen LogP contribution is -2.18. The van der Waals surface area contributed by atoms with Crippen LogP contribution in [0.3, 0.4) is 0 Å². The van der Waals surface area contributed by atoms with E-state index in [9.17, 15) is 20.2 Å². The van der Waals surface area contributed by atoms with Crippen LogP contribution in [-0.2, 0) is 11.3 Å². The van der Waals surface area contributed by atoms with Crippen molar-refractivity contribution in [2.75, 3.05) is 19.2 Å². The minimum absolute atomic E-state index is 0.0927. The second-order valence-corrected chi connectivity index (χ2v) is 8.37. The molecule has 0 bridgehead atoms. The number of aromatic nitrogens is 4. The SMILES string of the molecule is COc1cc(C(Nc2ccc(C#N)c(C)c2)c2nn(-c3ncccc3[N+](=O)[O-])c(=O)[nH]2)cc2c1OCOC2. The van der Waals surface area contributed by atoms with E-state index in [1.54, 1.807) is 24.3 Å². The molecule has 0 spiro atoms. The van der Waals surface area contributed by atoms with Crippen molar-refractivity contribution in [1.29, 1.82) is 5.26 Å². The molecule has 13 heteroatoms. The Morgan fingerprint density at radius 2 is 2.16 bits per heavy atom. The molecular formula is C25H21N7O6. The average Bonchev–Trinajstić information content (AvgIpc) is 3.32. The van der Waals surface area contributed by atoms with Crippen molar-refractivity contribution in [2.45, 2.75) is 19.6 Å². The molecule has 13 nitrogen and oxygen atoms in total. The zero-order valence-electron chi connectivity index (χ0n) is 20.3. The van der Waals surface area contributed by atoms with Crippen molar-refractivity contribution in [2.24, 2.45) is 0 Å². The van der Waals surface area contributed by atoms with Crippen molar-refractivity contribution in [3.63, 3.8) is 0 Å². The van der Waals surface area contributed by atoms with Crippen molar-refractivity contribution in [1.82, 2.24) is 19.7 Å². The van der Waals surface area contributed by atoms with Crippen LogP contribution in [0.1, 0.15) is 34.1 Å². The Balaban J connectivity index is 1.65. The summed E-state index contributed by atoms with van der Waals surface area (Å²) in [6, 6.07) is 12.8. The summed E-state index contributed by atoms with van der Waals surface area (Å²) in [4.78, 5) is 30.6. The van der Waals surface area contributed by atoms with Crippen molar-refractivity contribution >= 4 is 11.4 Å². The van der Waals surface area contributed by atoms with Crippen molar-refractivity contribution in [3.8, 4) is 23.4 Å². The van der Waals surface area contributed by atoms with Gasteiger partial charge in [-0.3, -0.25) is 15.1 Å². The quantitative estimate of drug-likeness (QED) is 0.275. The average molecular weight is 515 g/mol. The van der Waals surface area contributed by atoms with Crippen LogP contribution in [0.2, 0.25) is 0 Å². The molecule has 1 aliphatic rings. The van der Waals surface area contributed by atoms with Gasteiger partial charge in [0.15, 0.2) is 24.1 Å². The van der Waals surface area contributed by atoms with E-state index in [-0.39, 0.29) is 30.7 Å². The zero-order valence-corrected chi connectivity index (χ0v) is 20.3. The van der Waals surface area contributed by atoms with Crippen molar-refractivity contribution in [3.05, 3.63) is 97.3 Å². The van der Waals surface area contributed by atoms with Crippen LogP contribution in [0, 0.1) is 28.4 Å². The van der Waals surface area contributed by atoms with Gasteiger partial charge in [-0.05, 0) is 54.4 Å². The third-order valence-corrected chi connectivity index (χ3v) is 5.98. The monoisotopic (exact) mass is 515 g/mol. The number of anilines is 1. The van der Waals surface area contributed by atoms with E-state index in [0.717, 1.165) is 15.8 Å². The minimum atomic E-state index is -0.750. The molecule has 2 aromatic carbocycles. The molecule has 0 radical (unpaired) electrons. The number of aryl methyl sites for hydroxylation is 1. The number of benzene rings is 2. The lowest BCUT2D eigenvalue weighted by molar-refractivity contribution is -0.385. The van der Waals surface area contributed by atoms with Gasteiger partial charge in [-0.1, -0.05) is 0 Å². The van der Waals surface area contributed by atoms with Gasteiger partial charge in [0.25, 0.3) is 0 Å². The maximum Gasteiger partial charge on any atom is 0.349 e. The number of nitro groups is 1. The lowest BCUT2D eigenvalue weighted by Gasteiger charge is -2.24. The van der Waals surface area contributed by atoms with Gasteiger partial charge in [-0.2, -0.15) is 9.94 Å². The summed E-state index contributed by atoms with van der Waals surface area (Å²) in [6.45, 7) is 2.19. The Bertz CT molecular complexity index is 1620. The number of hydrogen-bond acceptors (Lipinski definition) is 10. The molecular weight excluding hydrogens is 494 g/mol. The third-order valence-electron chi connectivity index (χ3n) is 5.98. The van der Waals surface area contributed by atoms with E-state index in [4.69, 9.17) is 14.2 Å². The molecule has 4 aromatic rings. The Hall–Kier alpha value is -5.22. The number of H-pyrrole nitrogens is 1. The molecule has 0 amide bonds. The highest BCUT2D eigenvalue weighted by molar-refractivity contribution is 5.57. The molecule has 192 valence electrons. The molecule has 0 aliphatic carbocycles. The van der Waals surface area contributed by atoms with Gasteiger partial charge in [0.2, 0.25) is 5.82 Å². The number of nitrogens with one attached hydrogen (secondary N) is 2. The van der Waals surface area contributed by atoms with Gasteiger partial charge in [0.05, 0.1) is 30.3 Å². The Morgan fingerprint density at radius 1 is 1.32 bits per heavy atom. The molecule has 0 saturated carbocycles. The zero-order chi connectivity index (χ0) is 26.8. The number of rotatable bonds is 7. The normalized spacial score (nSPS) is 13.1. The summed E-state index contributed by atoms with van der Waals surface area (Å²) in [5.41, 5.74) is 2.23. The first kappa shape index (κ1) is 24.5. The van der Waals surface area contributed by atoms with E-state index in [2.05, 4.69) is 26.5 Å². The summed E-state index contributed by atoms with van der Waals surface area (Å²) in [5, 5.41) is 28.6. The van der Waals surface area contributed by atoms with Gasteiger partial charge >= 0.3 is 11.4 Å². The maximum absolute atomic E-state index is 13.0. The predicted molar refractivity (Wildman–Crippen MR) is 133 cm³/mol. The molecule has 2 aromatic heterocycles. The predicted octanol–water partition coefficient (Wildman–Crippen LogP) is 3.12. The number of fused-ring (bicyclic) bond motifs is 1. The molecule has 1 aliphatic heterocycles. The molecule has 2 N–H and O–H groups in total. The summed E-state index contributed by atoms with van der Waals surface area (Å²) in [5.74, 6) is 0.962. The molecule has 0 saturated heterocycles. The summed E-state index contributed by atoms with van der Waals surface area (Å²) >= 11 is 0. The van der Waals surface area contributed by atoms with Gasteiger partial charge in [-0.15, -0.1) is 5.10 Å². The smallest absolute Gasteiger partial charge is 0.349 e. The van der Waals surface area contributed by atoms with Crippen LogP contribution in [0.25, 0.3) is 5.82 Å². The number of methoxy groups -OCH3 is 1. The largest absolute Gasteiger partial charge is 0.493 e. The minimum Gasteiger partial charge on any atom is -0.493 e. The van der Waals surface area contributed by atoms with Gasteiger partial charge in [0, 0.05) is 23.5 Å². The van der Waals surface area contributed by atoms with E-state index in [0.29, 0.717) is 28.3 Å². The number of hydrogen-bond donors (Lipinski definition) is 2. The fourth-order valence-electron chi connectivity index (χ4n) is 4.19. The van der Waals surface area contributed by atoms with Gasteiger partial charge in [-0.25, -0.2) is 9.78 Å². The van der Waals surface area contributed by atoms with E-state index >= 15 is 0 Å². The topological polar surface area (TPSA) is 170 Å². The van der Waals surface area contributed by atoms with Crippen LogP contribution in [-0.4, -0.2) is 38.6 Å². The fourth-order valence-corrected chi connectivity index (χ4v) is 4.19. The van der Waals surface area contributed by atoms with Crippen LogP contribution in [0.4, 0.5) is 11.4 Å². The first-order chi connectivity index (χ1) is 18.4. The molecule has 3 heterocycles. The summed E-state index contributed by atoms with van der Waals surface area (Å²) < 4.78 is 17.5. The number of aromatic amines is 1. The first-order valence-corrected chi connectivity index (χ1v) is 11.4. The lowest BCUT2D eigenvalue weighted by atomic mass is 10.0. The van der Waals surface area contributed by atoms with Crippen molar-refractivity contribution < 1.29 is 19.1 Å². The Kier molecular flexibility index (Phi) is 6.46. The maximum atomic E-state index is 13.0. The summed E-state index contributed by atoms with van der Waals surface area (Å²) in [7, 11) is 1.52. The molecule has 1 unspecified atom stereocenters. The van der Waals surface area contributed by atoms with Crippen LogP contribution >= 0.6 is 0 Å². The standard InChI is InChI=1S/C25H21N7O6/c1-14-8-18(6-5-15(14)11-26)28-21(16-9-17-12-37-13-38-22(17)20(10-16)36-2)23-29-25(33)31(30-23)24-19(32(34)35)4-3-7-27-24/h3-10,21,28H,12-13H2,1-2H3,(H,29,30,33). The number of pyridine rings is 1. The Labute approximate surface area is 215 Å². The second kappa shape index (κ2) is 10.0. The first-order valence-electron chi connectivity index (χ1n) is 11.4. The van der Waals surface area contributed by atoms with E-state index in [1.807, 2.05) is 13.0 Å². The van der Waals surface area contributed by atoms with Gasteiger partial charge in [0.1, 0.15) is 6.04 Å². The Morgan fingerprint density at radius 3 is 2.89 bits per heavy atom. The third kappa shape index (κ3) is 4.51. The highest BCUT2D eigenvalue weighted by atomic mass is 16.7. The molecule has 0 fully saturated rings. The van der Waals surface area contributed by atoms with Crippen LogP contribution in [0.5, 0.6) is 11.5 Å². The van der Waals surface area contributed by atoms with E-state index < -0.39 is 16.7 Å². The molecule has 1 atom stereocenters. The highest BCUT2D eigenvalue weighted by Gasteiger charge is 2.27. The van der Waals surface area contributed by atoms with Gasteiger partial charge < -0.3 is 19.5 Å². The fraction of sp³-hybridized carbons (Fsp3) is 0.200. The number of ether oxygens (including phenoxy) is 3. The molecule has 5 rings (SSSR count). The summed E-state index contributed by atoms with van der Waals surface area (Å²) in [6.07, 6.45) is 1.34.